The lowest BCUT2D eigenvalue weighted by atomic mass is 9.76. The van der Waals surface area contributed by atoms with Gasteiger partial charge in [0.05, 0.1) is 11.8 Å². The van der Waals surface area contributed by atoms with E-state index in [0.29, 0.717) is 25.9 Å². The molecule has 3 N–H and O–H groups in total. The second-order valence-corrected chi connectivity index (χ2v) is 11.1. The molecule has 0 radical (unpaired) electrons. The van der Waals surface area contributed by atoms with E-state index < -0.39 is 29.9 Å². The number of carbonyl (C=O) groups is 3. The summed E-state index contributed by atoms with van der Waals surface area (Å²) < 4.78 is 5.49. The zero-order valence-corrected chi connectivity index (χ0v) is 21.0. The van der Waals surface area contributed by atoms with Gasteiger partial charge in [0.15, 0.2) is 0 Å². The van der Waals surface area contributed by atoms with Crippen molar-refractivity contribution >= 4 is 23.6 Å². The minimum Gasteiger partial charge on any atom is -0.446 e. The molecule has 0 spiro atoms. The zero-order valence-electron chi connectivity index (χ0n) is 21.0. The minimum atomic E-state index is -0.733. The number of carbonyl (C=O) groups excluding carboxylic acids is 3. The van der Waals surface area contributed by atoms with Crippen LogP contribution in [0, 0.1) is 11.8 Å². The Morgan fingerprint density at radius 1 is 0.943 bits per heavy atom. The largest absolute Gasteiger partial charge is 0.446 e. The van der Waals surface area contributed by atoms with Crippen LogP contribution in [0.15, 0.2) is 24.3 Å². The number of piperazine rings is 1. The average molecular weight is 487 g/mol. The third-order valence-electron chi connectivity index (χ3n) is 7.43. The zero-order chi connectivity index (χ0) is 25.2. The van der Waals surface area contributed by atoms with E-state index in [1.807, 2.05) is 4.90 Å². The van der Waals surface area contributed by atoms with Crippen LogP contribution in [0.25, 0.3) is 0 Å². The molecule has 4 rings (SSSR count). The Bertz CT molecular complexity index is 917. The van der Waals surface area contributed by atoms with Gasteiger partial charge in [-0.25, -0.2) is 10.3 Å². The standard InChI is InChI=1S/C26H38N4O5/c1-26(2,3)17-4-8-19(9-5-17)29-12-14-30(15-13-29)24(32)21-11-10-20(16-22(21)23(31)28-34)35-25(33)27-18-6-7-18/h4-5,8-9,18,20-22,34H,6-7,10-16H2,1-3H3,(H,27,33)(H,28,31)/t20?,21-,22?/m0/s1. The summed E-state index contributed by atoms with van der Waals surface area (Å²) in [7, 11) is 0. The van der Waals surface area contributed by atoms with E-state index >= 15 is 0 Å². The van der Waals surface area contributed by atoms with Crippen molar-refractivity contribution in [1.29, 1.82) is 0 Å². The number of hydrogen-bond acceptors (Lipinski definition) is 6. The van der Waals surface area contributed by atoms with Crippen LogP contribution in [0.5, 0.6) is 0 Å². The lowest BCUT2D eigenvalue weighted by molar-refractivity contribution is -0.149. The fraction of sp³-hybridized carbons (Fsp3) is 0.654. The van der Waals surface area contributed by atoms with Crippen LogP contribution in [0.4, 0.5) is 10.5 Å². The second-order valence-electron chi connectivity index (χ2n) is 11.1. The van der Waals surface area contributed by atoms with E-state index in [0.717, 1.165) is 31.6 Å². The first-order chi connectivity index (χ1) is 16.7. The first-order valence-corrected chi connectivity index (χ1v) is 12.7. The number of nitrogens with one attached hydrogen (secondary N) is 2. The Labute approximate surface area is 207 Å². The van der Waals surface area contributed by atoms with Gasteiger partial charge in [-0.2, -0.15) is 0 Å². The maximum absolute atomic E-state index is 13.4. The average Bonchev–Trinajstić information content (AvgIpc) is 3.66. The molecule has 9 nitrogen and oxygen atoms in total. The molecule has 3 amide bonds. The van der Waals surface area contributed by atoms with E-state index in [-0.39, 0.29) is 23.8 Å². The molecule has 0 aromatic heterocycles. The van der Waals surface area contributed by atoms with Crippen molar-refractivity contribution in [1.82, 2.24) is 15.7 Å². The third kappa shape index (κ3) is 6.25. The van der Waals surface area contributed by atoms with E-state index in [1.54, 1.807) is 5.48 Å². The van der Waals surface area contributed by atoms with Crippen LogP contribution in [0.2, 0.25) is 0 Å². The van der Waals surface area contributed by atoms with Crippen LogP contribution >= 0.6 is 0 Å². The number of ether oxygens (including phenoxy) is 1. The highest BCUT2D eigenvalue weighted by atomic mass is 16.6. The van der Waals surface area contributed by atoms with Crippen molar-refractivity contribution in [2.75, 3.05) is 31.1 Å². The Morgan fingerprint density at radius 2 is 1.60 bits per heavy atom. The van der Waals surface area contributed by atoms with Crippen molar-refractivity contribution in [2.24, 2.45) is 11.8 Å². The highest BCUT2D eigenvalue weighted by Crippen LogP contribution is 2.34. The van der Waals surface area contributed by atoms with Gasteiger partial charge in [-0.05, 0) is 55.2 Å². The second kappa shape index (κ2) is 10.4. The number of benzene rings is 1. The van der Waals surface area contributed by atoms with Crippen LogP contribution < -0.4 is 15.7 Å². The molecule has 1 heterocycles. The monoisotopic (exact) mass is 486 g/mol. The topological polar surface area (TPSA) is 111 Å². The number of rotatable bonds is 5. The first kappa shape index (κ1) is 25.3. The number of nitrogens with zero attached hydrogens (tertiary/aromatic N) is 2. The molecule has 1 aromatic rings. The Hall–Kier alpha value is -2.81. The Balaban J connectivity index is 1.33. The van der Waals surface area contributed by atoms with Gasteiger partial charge in [-0.1, -0.05) is 32.9 Å². The summed E-state index contributed by atoms with van der Waals surface area (Å²) in [6, 6.07) is 8.79. The van der Waals surface area contributed by atoms with Crippen molar-refractivity contribution in [2.45, 2.75) is 70.4 Å². The maximum Gasteiger partial charge on any atom is 0.407 e. The van der Waals surface area contributed by atoms with Crippen molar-refractivity contribution < 1.29 is 24.3 Å². The molecule has 2 aliphatic carbocycles. The van der Waals surface area contributed by atoms with Gasteiger partial charge in [0.1, 0.15) is 6.10 Å². The summed E-state index contributed by atoms with van der Waals surface area (Å²) in [5.41, 5.74) is 4.24. The van der Waals surface area contributed by atoms with Gasteiger partial charge < -0.3 is 19.9 Å². The summed E-state index contributed by atoms with van der Waals surface area (Å²) in [5, 5.41) is 12.1. The van der Waals surface area contributed by atoms with E-state index in [4.69, 9.17) is 4.74 Å². The smallest absolute Gasteiger partial charge is 0.407 e. The van der Waals surface area contributed by atoms with Crippen LogP contribution in [-0.2, 0) is 19.7 Å². The quantitative estimate of drug-likeness (QED) is 0.436. The molecule has 1 aromatic carbocycles. The van der Waals surface area contributed by atoms with Gasteiger partial charge in [-0.3, -0.25) is 14.8 Å². The van der Waals surface area contributed by atoms with Crippen molar-refractivity contribution in [3.63, 3.8) is 0 Å². The molecule has 192 valence electrons. The van der Waals surface area contributed by atoms with Gasteiger partial charge in [0, 0.05) is 37.9 Å². The molecule has 2 saturated carbocycles. The van der Waals surface area contributed by atoms with E-state index in [2.05, 4.69) is 55.3 Å². The Kier molecular flexibility index (Phi) is 7.54. The molecule has 3 aliphatic rings. The molecule has 1 saturated heterocycles. The molecule has 2 unspecified atom stereocenters. The summed E-state index contributed by atoms with van der Waals surface area (Å²) in [6.07, 6.45) is 2.17. The van der Waals surface area contributed by atoms with Gasteiger partial charge in [0.25, 0.3) is 0 Å². The molecule has 1 aliphatic heterocycles. The van der Waals surface area contributed by atoms with E-state index in [1.165, 1.54) is 5.56 Å². The summed E-state index contributed by atoms with van der Waals surface area (Å²) in [6.45, 7) is 9.17. The molecule has 35 heavy (non-hydrogen) atoms. The SMILES string of the molecule is CC(C)(C)c1ccc(N2CCN(C(=O)[C@H]3CCC(OC(=O)NC4CC4)CC3C(=O)NO)CC2)cc1. The molecule has 9 heteroatoms. The van der Waals surface area contributed by atoms with Gasteiger partial charge in [0.2, 0.25) is 11.8 Å². The van der Waals surface area contributed by atoms with Gasteiger partial charge in [-0.15, -0.1) is 0 Å². The molecular formula is C26H38N4O5. The lowest BCUT2D eigenvalue weighted by Crippen LogP contribution is -2.53. The number of amides is 3. The number of hydroxylamine groups is 1. The van der Waals surface area contributed by atoms with Crippen LogP contribution in [0.1, 0.15) is 58.4 Å². The van der Waals surface area contributed by atoms with Crippen LogP contribution in [-0.4, -0.2) is 66.3 Å². The highest BCUT2D eigenvalue weighted by Gasteiger charge is 2.42. The molecular weight excluding hydrogens is 448 g/mol. The summed E-state index contributed by atoms with van der Waals surface area (Å²) >= 11 is 0. The number of alkyl carbamates (subject to hydrolysis) is 1. The fourth-order valence-corrected chi connectivity index (χ4v) is 5.08. The maximum atomic E-state index is 13.4. The van der Waals surface area contributed by atoms with Crippen molar-refractivity contribution in [3.8, 4) is 0 Å². The lowest BCUT2D eigenvalue weighted by Gasteiger charge is -2.40. The fourth-order valence-electron chi connectivity index (χ4n) is 5.08. The molecule has 3 fully saturated rings. The van der Waals surface area contributed by atoms with Gasteiger partial charge >= 0.3 is 6.09 Å². The van der Waals surface area contributed by atoms with E-state index in [9.17, 15) is 19.6 Å². The highest BCUT2D eigenvalue weighted by molar-refractivity contribution is 5.87. The number of hydrogen-bond donors (Lipinski definition) is 3. The predicted molar refractivity (Wildman–Crippen MR) is 131 cm³/mol. The Morgan fingerprint density at radius 3 is 2.17 bits per heavy atom. The predicted octanol–water partition coefficient (Wildman–Crippen LogP) is 2.81. The first-order valence-electron chi connectivity index (χ1n) is 12.7. The minimum absolute atomic E-state index is 0.0674. The summed E-state index contributed by atoms with van der Waals surface area (Å²) in [4.78, 5) is 41.9. The van der Waals surface area contributed by atoms with Crippen LogP contribution in [0.3, 0.4) is 0 Å². The third-order valence-corrected chi connectivity index (χ3v) is 7.43. The normalized spacial score (nSPS) is 25.1. The molecule has 3 atom stereocenters. The molecule has 0 bridgehead atoms. The summed E-state index contributed by atoms with van der Waals surface area (Å²) in [5.74, 6) is -1.94. The van der Waals surface area contributed by atoms with Crippen molar-refractivity contribution in [3.05, 3.63) is 29.8 Å². The number of anilines is 1.